The van der Waals surface area contributed by atoms with Gasteiger partial charge in [-0.2, -0.15) is 0 Å². The molecule has 62 heavy (non-hydrogen) atoms. The van der Waals surface area contributed by atoms with E-state index in [-0.39, 0.29) is 71.6 Å². The minimum atomic E-state index is -0.444. The molecule has 0 aromatic carbocycles. The predicted octanol–water partition coefficient (Wildman–Crippen LogP) is 9.83. The van der Waals surface area contributed by atoms with Crippen molar-refractivity contribution in [2.45, 2.75) is 187 Å². The summed E-state index contributed by atoms with van der Waals surface area (Å²) in [6.45, 7) is 8.94. The average molecular weight is 890 g/mol. The molecule has 0 rings (SSSR count). The van der Waals surface area contributed by atoms with Crippen LogP contribution in [-0.2, 0) is 57.0 Å². The smallest absolute Gasteiger partial charge is 0.320 e. The summed E-state index contributed by atoms with van der Waals surface area (Å²) < 4.78 is 49.4. The van der Waals surface area contributed by atoms with E-state index in [4.69, 9.17) is 42.6 Å². The van der Waals surface area contributed by atoms with Crippen LogP contribution >= 0.6 is 0 Å². The fourth-order valence-electron chi connectivity index (χ4n) is 6.80. The van der Waals surface area contributed by atoms with E-state index >= 15 is 0 Å². The van der Waals surface area contributed by atoms with Gasteiger partial charge in [0.15, 0.2) is 0 Å². The Hall–Kier alpha value is -1.87. The van der Waals surface area contributed by atoms with Crippen molar-refractivity contribution < 1.29 is 57.0 Å². The lowest BCUT2D eigenvalue weighted by molar-refractivity contribution is -0.152. The molecule has 0 amide bonds. The van der Waals surface area contributed by atoms with Crippen LogP contribution in [0.25, 0.3) is 0 Å². The van der Waals surface area contributed by atoms with Crippen LogP contribution in [0, 0.1) is 0 Å². The number of carbonyl (C=O) groups is 3. The van der Waals surface area contributed by atoms with Gasteiger partial charge in [-0.3, -0.25) is 19.3 Å². The van der Waals surface area contributed by atoms with Crippen molar-refractivity contribution in [3.8, 4) is 0 Å². The average Bonchev–Trinajstić information content (AvgIpc) is 3.26. The van der Waals surface area contributed by atoms with Crippen molar-refractivity contribution in [2.24, 2.45) is 0 Å². The third kappa shape index (κ3) is 46.1. The molecule has 0 bridgehead atoms. The number of unbranched alkanes of at least 4 members (excludes halogenated alkanes) is 22. The highest BCUT2D eigenvalue weighted by Crippen LogP contribution is 2.14. The zero-order valence-corrected chi connectivity index (χ0v) is 40.4. The zero-order chi connectivity index (χ0) is 45.2. The Bertz CT molecular complexity index is 926. The second kappa shape index (κ2) is 50.1. The summed E-state index contributed by atoms with van der Waals surface area (Å²) in [4.78, 5) is 39.4. The third-order valence-corrected chi connectivity index (χ3v) is 10.7. The number of carbonyl (C=O) groups excluding carboxylic acids is 3. The Balaban J connectivity index is 4.90. The summed E-state index contributed by atoms with van der Waals surface area (Å²) in [7, 11) is 3.17. The number of nitrogens with zero attached hydrogens (tertiary/aromatic N) is 1. The van der Waals surface area contributed by atoms with Gasteiger partial charge < -0.3 is 42.6 Å². The molecule has 0 saturated carbocycles. The van der Waals surface area contributed by atoms with Crippen molar-refractivity contribution in [1.29, 1.82) is 0 Å². The Morgan fingerprint density at radius 3 is 1.21 bits per heavy atom. The van der Waals surface area contributed by atoms with Gasteiger partial charge in [-0.05, 0) is 12.8 Å². The highest BCUT2D eigenvalue weighted by molar-refractivity contribution is 5.72. The summed E-state index contributed by atoms with van der Waals surface area (Å²) in [5.74, 6) is -1.25. The van der Waals surface area contributed by atoms with Gasteiger partial charge in [-0.1, -0.05) is 155 Å². The van der Waals surface area contributed by atoms with Crippen molar-refractivity contribution in [2.75, 3.05) is 113 Å². The first-order chi connectivity index (χ1) is 30.5. The second-order valence-corrected chi connectivity index (χ2v) is 16.5. The number of methoxy groups -OCH3 is 2. The molecule has 0 aliphatic rings. The van der Waals surface area contributed by atoms with Crippen LogP contribution < -0.4 is 0 Å². The van der Waals surface area contributed by atoms with Crippen LogP contribution in [0.4, 0.5) is 0 Å². The van der Waals surface area contributed by atoms with Crippen LogP contribution in [0.1, 0.15) is 181 Å². The minimum absolute atomic E-state index is 0.0587. The first-order valence-electron chi connectivity index (χ1n) is 25.0. The molecule has 1 unspecified atom stereocenters. The highest BCUT2D eigenvalue weighted by Gasteiger charge is 2.18. The molecule has 0 spiro atoms. The quantitative estimate of drug-likeness (QED) is 0.0326. The minimum Gasteiger partial charge on any atom is -0.464 e. The van der Waals surface area contributed by atoms with Crippen LogP contribution in [0.2, 0.25) is 0 Å². The second-order valence-electron chi connectivity index (χ2n) is 16.5. The predicted molar refractivity (Wildman–Crippen MR) is 247 cm³/mol. The number of esters is 3. The first-order valence-corrected chi connectivity index (χ1v) is 25.0. The topological polar surface area (TPSA) is 138 Å². The van der Waals surface area contributed by atoms with E-state index < -0.39 is 17.9 Å². The van der Waals surface area contributed by atoms with Crippen LogP contribution in [-0.4, -0.2) is 142 Å². The van der Waals surface area contributed by atoms with E-state index in [2.05, 4.69) is 13.8 Å². The molecule has 0 fully saturated rings. The summed E-state index contributed by atoms with van der Waals surface area (Å²) in [5, 5.41) is 0. The third-order valence-electron chi connectivity index (χ3n) is 10.7. The molecule has 0 N–H and O–H groups in total. The number of ether oxygens (including phenoxy) is 9. The van der Waals surface area contributed by atoms with Gasteiger partial charge >= 0.3 is 17.9 Å². The van der Waals surface area contributed by atoms with Gasteiger partial charge in [0, 0.05) is 40.5 Å². The van der Waals surface area contributed by atoms with E-state index in [1.165, 1.54) is 128 Å². The van der Waals surface area contributed by atoms with Gasteiger partial charge in [0.2, 0.25) is 0 Å². The lowest BCUT2D eigenvalue weighted by atomic mass is 10.1. The molecular weight excluding hydrogens is 795 g/mol. The summed E-state index contributed by atoms with van der Waals surface area (Å²) in [6, 6.07) is 0. The van der Waals surface area contributed by atoms with Crippen molar-refractivity contribution >= 4 is 17.9 Å². The first kappa shape index (κ1) is 60.1. The maximum atomic E-state index is 13.2. The maximum Gasteiger partial charge on any atom is 0.320 e. The molecule has 0 aliphatic carbocycles. The molecule has 13 nitrogen and oxygen atoms in total. The SMILES string of the molecule is CCCCCCCCCCCCCCOCC(COC(=O)CN(CCOC(=O)CCOCCOC)CCOC(=O)CCOCCOC)OCCCCCCCCCCCCCC. The van der Waals surface area contributed by atoms with E-state index in [0.717, 1.165) is 25.7 Å². The largest absolute Gasteiger partial charge is 0.464 e. The lowest BCUT2D eigenvalue weighted by Gasteiger charge is -2.22. The van der Waals surface area contributed by atoms with Gasteiger partial charge in [0.1, 0.15) is 25.9 Å². The normalized spacial score (nSPS) is 12.0. The van der Waals surface area contributed by atoms with Crippen molar-refractivity contribution in [1.82, 2.24) is 4.90 Å². The van der Waals surface area contributed by atoms with Gasteiger partial charge in [0.05, 0.1) is 65.6 Å². The molecule has 13 heteroatoms. The summed E-state index contributed by atoms with van der Waals surface area (Å²) >= 11 is 0. The van der Waals surface area contributed by atoms with Crippen molar-refractivity contribution in [3.05, 3.63) is 0 Å². The Morgan fingerprint density at radius 1 is 0.387 bits per heavy atom. The highest BCUT2D eigenvalue weighted by atomic mass is 16.6. The number of rotatable bonds is 51. The van der Waals surface area contributed by atoms with Gasteiger partial charge in [-0.15, -0.1) is 0 Å². The standard InChI is InChI=1S/C49H95NO12/c1-5-7-9-11-13-15-17-19-21-23-25-27-33-58-44-46(59-34-28-26-24-22-20-18-16-14-12-10-8-6-2)45-62-49(53)43-50(31-37-60-47(51)29-35-56-41-39-54-3)32-38-61-48(52)30-36-57-42-40-55-4/h46H,5-45H2,1-4H3. The van der Waals surface area contributed by atoms with Crippen LogP contribution in [0.3, 0.4) is 0 Å². The molecule has 368 valence electrons. The molecule has 0 saturated heterocycles. The van der Waals surface area contributed by atoms with Crippen LogP contribution in [0.15, 0.2) is 0 Å². The number of hydrogen-bond donors (Lipinski definition) is 0. The van der Waals surface area contributed by atoms with E-state index in [0.29, 0.717) is 46.2 Å². The molecule has 0 radical (unpaired) electrons. The van der Waals surface area contributed by atoms with Crippen LogP contribution in [0.5, 0.6) is 0 Å². The molecule has 0 aliphatic heterocycles. The lowest BCUT2D eigenvalue weighted by Crippen LogP contribution is -2.38. The summed E-state index contributed by atoms with van der Waals surface area (Å²) in [5.41, 5.74) is 0. The fourth-order valence-corrected chi connectivity index (χ4v) is 6.80. The van der Waals surface area contributed by atoms with E-state index in [1.54, 1.807) is 19.1 Å². The Labute approximate surface area is 379 Å². The molecular formula is C49H95NO12. The van der Waals surface area contributed by atoms with E-state index in [1.807, 2.05) is 0 Å². The molecule has 0 aromatic rings. The van der Waals surface area contributed by atoms with Gasteiger partial charge in [0.25, 0.3) is 0 Å². The van der Waals surface area contributed by atoms with Gasteiger partial charge in [-0.25, -0.2) is 0 Å². The Kier molecular flexibility index (Phi) is 48.6. The Morgan fingerprint density at radius 2 is 0.790 bits per heavy atom. The molecule has 0 aromatic heterocycles. The zero-order valence-electron chi connectivity index (χ0n) is 40.4. The monoisotopic (exact) mass is 890 g/mol. The summed E-state index contributed by atoms with van der Waals surface area (Å²) in [6.07, 6.45) is 30.7. The van der Waals surface area contributed by atoms with Crippen molar-refractivity contribution in [3.63, 3.8) is 0 Å². The van der Waals surface area contributed by atoms with E-state index in [9.17, 15) is 14.4 Å². The fraction of sp³-hybridized carbons (Fsp3) is 0.939. The molecule has 0 heterocycles. The maximum absolute atomic E-state index is 13.2. The number of hydrogen-bond acceptors (Lipinski definition) is 13. The molecule has 1 atom stereocenters.